The van der Waals surface area contributed by atoms with Gasteiger partial charge in [-0.1, -0.05) is 35.3 Å². The number of aliphatic hydroxyl groups excluding tert-OH is 4. The molecule has 1 fully saturated rings. The van der Waals surface area contributed by atoms with Crippen molar-refractivity contribution in [3.8, 4) is 11.5 Å². The summed E-state index contributed by atoms with van der Waals surface area (Å²) < 4.78 is 11.0. The lowest BCUT2D eigenvalue weighted by Crippen LogP contribution is -2.60. The maximum absolute atomic E-state index is 10.4. The van der Waals surface area contributed by atoms with E-state index >= 15 is 0 Å². The minimum atomic E-state index is -1.58. The van der Waals surface area contributed by atoms with Gasteiger partial charge in [0.1, 0.15) is 35.9 Å². The van der Waals surface area contributed by atoms with Crippen LogP contribution in [0.4, 0.5) is 0 Å². The molecule has 7 nitrogen and oxygen atoms in total. The van der Waals surface area contributed by atoms with Crippen molar-refractivity contribution in [3.63, 3.8) is 0 Å². The molecule has 142 valence electrons. The summed E-state index contributed by atoms with van der Waals surface area (Å²) >= 11 is 12.4. The van der Waals surface area contributed by atoms with Gasteiger partial charge in [-0.05, 0) is 18.6 Å². The fraction of sp³-hybridized carbons (Fsp3) is 0.412. The van der Waals surface area contributed by atoms with Crippen LogP contribution in [0.15, 0.2) is 18.2 Å². The minimum absolute atomic E-state index is 0.0624. The van der Waals surface area contributed by atoms with E-state index in [2.05, 4.69) is 0 Å². The van der Waals surface area contributed by atoms with Gasteiger partial charge < -0.3 is 35.0 Å². The zero-order valence-corrected chi connectivity index (χ0v) is 15.1. The molecule has 3 rings (SSSR count). The Morgan fingerprint density at radius 1 is 1.08 bits per heavy atom. The largest absolute Gasteiger partial charge is 0.506 e. The summed E-state index contributed by atoms with van der Waals surface area (Å²) in [7, 11) is 0. The summed E-state index contributed by atoms with van der Waals surface area (Å²) in [5, 5.41) is 50.6. The number of ether oxygens (including phenoxy) is 2. The number of aliphatic hydroxyl groups is 4. The highest BCUT2D eigenvalue weighted by atomic mass is 35.5. The number of hydrogen-bond donors (Lipinski definition) is 5. The molecule has 1 heterocycles. The van der Waals surface area contributed by atoms with Crippen LogP contribution in [-0.4, -0.2) is 62.8 Å². The molecule has 1 aliphatic heterocycles. The molecule has 2 aromatic rings. The topological polar surface area (TPSA) is 120 Å². The first-order chi connectivity index (χ1) is 12.3. The molecular formula is C17H18Cl2O7. The molecule has 0 saturated carbocycles. The maximum Gasteiger partial charge on any atom is 0.229 e. The van der Waals surface area contributed by atoms with E-state index in [0.717, 1.165) is 0 Å². The molecule has 9 heteroatoms. The van der Waals surface area contributed by atoms with E-state index in [1.165, 1.54) is 6.07 Å². The van der Waals surface area contributed by atoms with Crippen LogP contribution in [0.25, 0.3) is 10.8 Å². The number of rotatable bonds is 3. The highest BCUT2D eigenvalue weighted by Crippen LogP contribution is 2.45. The lowest BCUT2D eigenvalue weighted by molar-refractivity contribution is -0.277. The van der Waals surface area contributed by atoms with Gasteiger partial charge >= 0.3 is 0 Å². The normalized spacial score (nSPS) is 29.1. The molecule has 0 unspecified atom stereocenters. The Kier molecular flexibility index (Phi) is 5.50. The Labute approximate surface area is 158 Å². The Bertz CT molecular complexity index is 827. The first-order valence-electron chi connectivity index (χ1n) is 7.84. The third kappa shape index (κ3) is 3.10. The average Bonchev–Trinajstić information content (AvgIpc) is 2.64. The predicted molar refractivity (Wildman–Crippen MR) is 94.8 cm³/mol. The lowest BCUT2D eigenvalue weighted by Gasteiger charge is -2.39. The molecule has 26 heavy (non-hydrogen) atoms. The summed E-state index contributed by atoms with van der Waals surface area (Å²) in [5.41, 5.74) is 0.503. The van der Waals surface area contributed by atoms with Crippen molar-refractivity contribution >= 4 is 34.0 Å². The van der Waals surface area contributed by atoms with Crippen LogP contribution < -0.4 is 4.74 Å². The van der Waals surface area contributed by atoms with Gasteiger partial charge in [0, 0.05) is 5.39 Å². The van der Waals surface area contributed by atoms with Crippen LogP contribution in [0.5, 0.6) is 11.5 Å². The maximum atomic E-state index is 10.4. The van der Waals surface area contributed by atoms with Gasteiger partial charge in [0.05, 0.1) is 22.0 Å². The van der Waals surface area contributed by atoms with Gasteiger partial charge in [-0.3, -0.25) is 0 Å². The van der Waals surface area contributed by atoms with Crippen molar-refractivity contribution in [2.24, 2.45) is 0 Å². The molecule has 1 aliphatic rings. The fourth-order valence-corrected chi connectivity index (χ4v) is 3.42. The number of phenols is 1. The summed E-state index contributed by atoms with van der Waals surface area (Å²) in [4.78, 5) is 0. The van der Waals surface area contributed by atoms with Crippen molar-refractivity contribution < 1.29 is 35.0 Å². The third-order valence-corrected chi connectivity index (χ3v) is 5.41. The monoisotopic (exact) mass is 404 g/mol. The van der Waals surface area contributed by atoms with Crippen LogP contribution in [0.3, 0.4) is 0 Å². The fourth-order valence-electron chi connectivity index (χ4n) is 2.93. The first kappa shape index (κ1) is 19.4. The number of halogens is 2. The number of fused-ring (bicyclic) bond motifs is 1. The molecule has 0 radical (unpaired) electrons. The molecule has 0 amide bonds. The number of phenolic OH excluding ortho intramolecular Hbond substituents is 1. The van der Waals surface area contributed by atoms with Crippen LogP contribution in [0.2, 0.25) is 10.0 Å². The Balaban J connectivity index is 2.04. The number of benzene rings is 2. The highest BCUT2D eigenvalue weighted by Gasteiger charge is 2.44. The molecule has 1 saturated heterocycles. The first-order valence-corrected chi connectivity index (χ1v) is 8.60. The predicted octanol–water partition coefficient (Wildman–Crippen LogP) is 1.34. The van der Waals surface area contributed by atoms with Gasteiger partial charge in [0.25, 0.3) is 0 Å². The van der Waals surface area contributed by atoms with E-state index in [9.17, 15) is 25.5 Å². The summed E-state index contributed by atoms with van der Waals surface area (Å²) in [6, 6.07) is 4.80. The smallest absolute Gasteiger partial charge is 0.229 e. The minimum Gasteiger partial charge on any atom is -0.506 e. The molecule has 0 aromatic heterocycles. The van der Waals surface area contributed by atoms with Gasteiger partial charge in [0.2, 0.25) is 6.29 Å². The zero-order valence-electron chi connectivity index (χ0n) is 13.6. The second-order valence-electron chi connectivity index (χ2n) is 6.10. The molecule has 5 atom stereocenters. The van der Waals surface area contributed by atoms with E-state index in [1.807, 2.05) is 0 Å². The van der Waals surface area contributed by atoms with E-state index in [-0.39, 0.29) is 21.9 Å². The van der Waals surface area contributed by atoms with Gasteiger partial charge in [-0.25, -0.2) is 0 Å². The standard InChI is InChI=1S/C17H18Cl2O7/c1-6-11(18)7-3-2-4-8(10(7)14(22)12(6)19)25-17-16(24)15(23)13(21)9(5-20)26-17/h2-4,9,13,15-17,20-24H,5H2,1H3/t9-,13-,15+,16+,17-/m1/s1. The summed E-state index contributed by atoms with van der Waals surface area (Å²) in [6.45, 7) is 1.08. The molecule has 0 bridgehead atoms. The molecule has 0 spiro atoms. The van der Waals surface area contributed by atoms with Gasteiger partial charge in [0.15, 0.2) is 0 Å². The number of aromatic hydroxyl groups is 1. The van der Waals surface area contributed by atoms with Crippen LogP contribution in [0, 0.1) is 6.92 Å². The second kappa shape index (κ2) is 7.36. The van der Waals surface area contributed by atoms with Gasteiger partial charge in [-0.15, -0.1) is 0 Å². The van der Waals surface area contributed by atoms with Crippen molar-refractivity contribution in [1.82, 2.24) is 0 Å². The lowest BCUT2D eigenvalue weighted by atomic mass is 9.99. The quantitative estimate of drug-likeness (QED) is 0.523. The van der Waals surface area contributed by atoms with E-state index in [4.69, 9.17) is 32.7 Å². The van der Waals surface area contributed by atoms with E-state index in [0.29, 0.717) is 16.0 Å². The van der Waals surface area contributed by atoms with Crippen molar-refractivity contribution in [2.45, 2.75) is 37.6 Å². The Morgan fingerprint density at radius 3 is 2.42 bits per heavy atom. The summed E-state index contributed by atoms with van der Waals surface area (Å²) in [6.07, 6.45) is -7.17. The Hall–Kier alpha value is -1.32. The van der Waals surface area contributed by atoms with Crippen LogP contribution in [0.1, 0.15) is 5.56 Å². The number of hydrogen-bond acceptors (Lipinski definition) is 7. The van der Waals surface area contributed by atoms with E-state index < -0.39 is 37.3 Å². The van der Waals surface area contributed by atoms with Crippen molar-refractivity contribution in [1.29, 1.82) is 0 Å². The zero-order chi connectivity index (χ0) is 19.2. The third-order valence-electron chi connectivity index (χ3n) is 4.46. The molecular weight excluding hydrogens is 387 g/mol. The van der Waals surface area contributed by atoms with Crippen molar-refractivity contribution in [2.75, 3.05) is 6.61 Å². The van der Waals surface area contributed by atoms with Crippen molar-refractivity contribution in [3.05, 3.63) is 33.8 Å². The second-order valence-corrected chi connectivity index (χ2v) is 6.85. The van der Waals surface area contributed by atoms with Crippen LogP contribution in [-0.2, 0) is 4.74 Å². The average molecular weight is 405 g/mol. The van der Waals surface area contributed by atoms with Crippen LogP contribution >= 0.6 is 23.2 Å². The van der Waals surface area contributed by atoms with E-state index in [1.54, 1.807) is 19.1 Å². The molecule has 2 aromatic carbocycles. The highest BCUT2D eigenvalue weighted by molar-refractivity contribution is 6.41. The molecule has 0 aliphatic carbocycles. The SMILES string of the molecule is Cc1c(Cl)c(O)c2c(O[C@@H]3O[C@H](CO)[C@@H](O)[C@H](O)[C@@H]3O)cccc2c1Cl. The Morgan fingerprint density at radius 2 is 1.77 bits per heavy atom. The molecule has 5 N–H and O–H groups in total. The van der Waals surface area contributed by atoms with Gasteiger partial charge in [-0.2, -0.15) is 0 Å². The summed E-state index contributed by atoms with van der Waals surface area (Å²) in [5.74, 6) is -0.142.